The van der Waals surface area contributed by atoms with Gasteiger partial charge in [-0.15, -0.1) is 11.3 Å². The average molecular weight is 381 g/mol. The fourth-order valence-corrected chi connectivity index (χ4v) is 4.72. The Balaban J connectivity index is 1.82. The molecule has 0 aliphatic heterocycles. The number of aromatic nitrogens is 1. The van der Waals surface area contributed by atoms with Gasteiger partial charge in [0.2, 0.25) is 0 Å². The smallest absolute Gasteiger partial charge is 0.409 e. The van der Waals surface area contributed by atoms with Gasteiger partial charge in [0.25, 0.3) is 0 Å². The largest absolute Gasteiger partial charge is 0.465 e. The third-order valence-electron chi connectivity index (χ3n) is 3.96. The van der Waals surface area contributed by atoms with Crippen LogP contribution in [0.25, 0.3) is 10.4 Å². The van der Waals surface area contributed by atoms with E-state index in [0.29, 0.717) is 11.6 Å². The van der Waals surface area contributed by atoms with Crippen LogP contribution in [0.15, 0.2) is 28.9 Å². The lowest BCUT2D eigenvalue weighted by Gasteiger charge is -2.18. The van der Waals surface area contributed by atoms with Gasteiger partial charge in [-0.2, -0.15) is 0 Å². The van der Waals surface area contributed by atoms with Crippen molar-refractivity contribution in [3.63, 3.8) is 0 Å². The summed E-state index contributed by atoms with van der Waals surface area (Å²) < 4.78 is 0.873. The number of benzene rings is 1. The third-order valence-corrected chi connectivity index (χ3v) is 5.81. The number of thiazole rings is 1. The molecule has 1 aromatic heterocycles. The molecule has 6 heteroatoms. The predicted octanol–water partition coefficient (Wildman–Crippen LogP) is 5.71. The molecular formula is C16H17BrN2O2S. The van der Waals surface area contributed by atoms with E-state index >= 15 is 0 Å². The summed E-state index contributed by atoms with van der Waals surface area (Å²) >= 11 is 5.27. The summed E-state index contributed by atoms with van der Waals surface area (Å²) in [7, 11) is 0. The Kier molecular flexibility index (Phi) is 4.78. The number of nitrogens with one attached hydrogen (secondary N) is 1. The first kappa shape index (κ1) is 15.5. The molecule has 22 heavy (non-hydrogen) atoms. The fraction of sp³-hybridized carbons (Fsp3) is 0.375. The predicted molar refractivity (Wildman–Crippen MR) is 92.7 cm³/mol. The maximum atomic E-state index is 10.7. The molecule has 116 valence electrons. The van der Waals surface area contributed by atoms with E-state index in [1.54, 1.807) is 23.5 Å². The van der Waals surface area contributed by atoms with E-state index in [0.717, 1.165) is 14.9 Å². The van der Waals surface area contributed by atoms with Crippen LogP contribution in [0.1, 0.15) is 43.0 Å². The Morgan fingerprint density at radius 1 is 1.32 bits per heavy atom. The molecule has 0 atom stereocenters. The standard InChI is InChI=1S/C16H17BrN2O2S/c17-13-8-11(19-16(20)21)6-7-12(13)14-9-18-15(22-14)10-4-2-1-3-5-10/h6-10,19H,1-5H2,(H,20,21). The second-order valence-corrected chi connectivity index (χ2v) is 7.44. The molecule has 0 spiro atoms. The molecule has 1 fully saturated rings. The molecule has 4 nitrogen and oxygen atoms in total. The van der Waals surface area contributed by atoms with Gasteiger partial charge in [-0.1, -0.05) is 41.3 Å². The summed E-state index contributed by atoms with van der Waals surface area (Å²) in [5.41, 5.74) is 1.61. The molecule has 1 amide bonds. The van der Waals surface area contributed by atoms with E-state index in [1.165, 1.54) is 37.1 Å². The number of hydrogen-bond donors (Lipinski definition) is 2. The highest BCUT2D eigenvalue weighted by molar-refractivity contribution is 9.10. The number of halogens is 1. The van der Waals surface area contributed by atoms with Gasteiger partial charge in [-0.3, -0.25) is 5.32 Å². The minimum absolute atomic E-state index is 0.556. The topological polar surface area (TPSA) is 62.2 Å². The van der Waals surface area contributed by atoms with Crippen molar-refractivity contribution in [2.45, 2.75) is 38.0 Å². The molecule has 1 aliphatic rings. The minimum Gasteiger partial charge on any atom is -0.465 e. The number of anilines is 1. The molecule has 0 bridgehead atoms. The Morgan fingerprint density at radius 3 is 2.77 bits per heavy atom. The van der Waals surface area contributed by atoms with E-state index in [-0.39, 0.29) is 0 Å². The molecule has 1 heterocycles. The maximum absolute atomic E-state index is 10.7. The zero-order valence-electron chi connectivity index (χ0n) is 12.0. The number of carbonyl (C=O) groups is 1. The van der Waals surface area contributed by atoms with Gasteiger partial charge >= 0.3 is 6.09 Å². The van der Waals surface area contributed by atoms with Crippen molar-refractivity contribution in [3.05, 3.63) is 33.9 Å². The Labute approximate surface area is 141 Å². The van der Waals surface area contributed by atoms with Crippen molar-refractivity contribution >= 4 is 39.0 Å². The average Bonchev–Trinajstić information content (AvgIpc) is 2.97. The van der Waals surface area contributed by atoms with Gasteiger partial charge in [0.05, 0.1) is 9.88 Å². The quantitative estimate of drug-likeness (QED) is 0.716. The Hall–Kier alpha value is -1.40. The second kappa shape index (κ2) is 6.79. The van der Waals surface area contributed by atoms with Crippen molar-refractivity contribution in [2.24, 2.45) is 0 Å². The van der Waals surface area contributed by atoms with Gasteiger partial charge in [-0.25, -0.2) is 9.78 Å². The van der Waals surface area contributed by atoms with Gasteiger partial charge < -0.3 is 5.11 Å². The van der Waals surface area contributed by atoms with Crippen molar-refractivity contribution < 1.29 is 9.90 Å². The van der Waals surface area contributed by atoms with Crippen LogP contribution in [-0.2, 0) is 0 Å². The monoisotopic (exact) mass is 380 g/mol. The summed E-state index contributed by atoms with van der Waals surface area (Å²) in [5.74, 6) is 0.610. The summed E-state index contributed by atoms with van der Waals surface area (Å²) in [5, 5.41) is 12.3. The summed E-state index contributed by atoms with van der Waals surface area (Å²) in [6, 6.07) is 5.48. The fourth-order valence-electron chi connectivity index (χ4n) is 2.87. The van der Waals surface area contributed by atoms with Crippen molar-refractivity contribution in [1.29, 1.82) is 0 Å². The summed E-state index contributed by atoms with van der Waals surface area (Å²) in [6.07, 6.45) is 7.32. The first-order valence-electron chi connectivity index (χ1n) is 7.39. The first-order chi connectivity index (χ1) is 10.6. The van der Waals surface area contributed by atoms with Crippen molar-refractivity contribution in [1.82, 2.24) is 4.98 Å². The van der Waals surface area contributed by atoms with Crippen LogP contribution in [0.5, 0.6) is 0 Å². The highest BCUT2D eigenvalue weighted by Crippen LogP contribution is 2.39. The summed E-state index contributed by atoms with van der Waals surface area (Å²) in [6.45, 7) is 0. The maximum Gasteiger partial charge on any atom is 0.409 e. The molecule has 1 aromatic carbocycles. The van der Waals surface area contributed by atoms with Gasteiger partial charge in [0.1, 0.15) is 0 Å². The molecule has 2 N–H and O–H groups in total. The molecule has 0 radical (unpaired) electrons. The Morgan fingerprint density at radius 2 is 2.09 bits per heavy atom. The molecule has 0 unspecified atom stereocenters. The van der Waals surface area contributed by atoms with Gasteiger partial charge in [0, 0.05) is 27.8 Å². The highest BCUT2D eigenvalue weighted by Gasteiger charge is 2.19. The lowest BCUT2D eigenvalue weighted by molar-refractivity contribution is 0.210. The van der Waals surface area contributed by atoms with Gasteiger partial charge in [0.15, 0.2) is 0 Å². The normalized spacial score (nSPS) is 15.7. The lowest BCUT2D eigenvalue weighted by atomic mass is 9.90. The highest BCUT2D eigenvalue weighted by atomic mass is 79.9. The zero-order chi connectivity index (χ0) is 15.5. The molecule has 1 aliphatic carbocycles. The van der Waals surface area contributed by atoms with E-state index in [4.69, 9.17) is 5.11 Å². The van der Waals surface area contributed by atoms with Crippen LogP contribution >= 0.6 is 27.3 Å². The molecule has 2 aromatic rings. The molecule has 0 saturated heterocycles. The molecule has 1 saturated carbocycles. The van der Waals surface area contributed by atoms with Crippen LogP contribution in [0, 0.1) is 0 Å². The third kappa shape index (κ3) is 3.50. The van der Waals surface area contributed by atoms with E-state index in [2.05, 4.69) is 26.2 Å². The number of nitrogens with zero attached hydrogens (tertiary/aromatic N) is 1. The van der Waals surface area contributed by atoms with Crippen LogP contribution in [0.3, 0.4) is 0 Å². The van der Waals surface area contributed by atoms with Crippen molar-refractivity contribution in [2.75, 3.05) is 5.32 Å². The SMILES string of the molecule is O=C(O)Nc1ccc(-c2cnc(C3CCCCC3)s2)c(Br)c1. The minimum atomic E-state index is -1.06. The number of amides is 1. The van der Waals surface area contributed by atoms with E-state index < -0.39 is 6.09 Å². The van der Waals surface area contributed by atoms with Crippen LogP contribution in [0.2, 0.25) is 0 Å². The van der Waals surface area contributed by atoms with E-state index in [1.807, 2.05) is 12.3 Å². The Bertz CT molecular complexity index is 681. The van der Waals surface area contributed by atoms with Crippen LogP contribution in [-0.4, -0.2) is 16.2 Å². The first-order valence-corrected chi connectivity index (χ1v) is 9.00. The second-order valence-electron chi connectivity index (χ2n) is 5.52. The zero-order valence-corrected chi connectivity index (χ0v) is 14.4. The molecule has 3 rings (SSSR count). The molecular weight excluding hydrogens is 364 g/mol. The van der Waals surface area contributed by atoms with E-state index in [9.17, 15) is 4.79 Å². The number of carboxylic acid groups (broad SMARTS) is 1. The summed E-state index contributed by atoms with van der Waals surface area (Å²) in [4.78, 5) is 16.4. The number of rotatable bonds is 3. The van der Waals surface area contributed by atoms with Gasteiger partial charge in [-0.05, 0) is 25.0 Å². The van der Waals surface area contributed by atoms with Crippen LogP contribution < -0.4 is 5.32 Å². The lowest BCUT2D eigenvalue weighted by Crippen LogP contribution is -2.06. The number of hydrogen-bond acceptors (Lipinski definition) is 3. The van der Waals surface area contributed by atoms with Crippen molar-refractivity contribution in [3.8, 4) is 10.4 Å². The van der Waals surface area contributed by atoms with Crippen LogP contribution in [0.4, 0.5) is 10.5 Å².